The third kappa shape index (κ3) is 3.07. The Bertz CT molecular complexity index is 498. The van der Waals surface area contributed by atoms with Gasteiger partial charge in [-0.1, -0.05) is 11.6 Å². The molecule has 0 unspecified atom stereocenters. The Balaban J connectivity index is 2.11. The molecule has 0 saturated heterocycles. The monoisotopic (exact) mass is 248 g/mol. The van der Waals surface area contributed by atoms with Gasteiger partial charge in [0, 0.05) is 24.0 Å². The van der Waals surface area contributed by atoms with Gasteiger partial charge in [0.1, 0.15) is 11.6 Å². The second kappa shape index (κ2) is 5.01. The Kier molecular flexibility index (Phi) is 3.44. The summed E-state index contributed by atoms with van der Waals surface area (Å²) in [6, 6.07) is 9.29. The number of nitrogen functional groups attached to an aromatic ring is 1. The number of anilines is 2. The van der Waals surface area contributed by atoms with E-state index >= 15 is 0 Å². The summed E-state index contributed by atoms with van der Waals surface area (Å²) in [6.45, 7) is 0.604. The first kappa shape index (κ1) is 11.7. The van der Waals surface area contributed by atoms with Gasteiger partial charge < -0.3 is 10.6 Å². The molecule has 0 radical (unpaired) electrons. The van der Waals surface area contributed by atoms with E-state index in [-0.39, 0.29) is 0 Å². The van der Waals surface area contributed by atoms with Crippen molar-refractivity contribution in [2.45, 2.75) is 6.54 Å². The van der Waals surface area contributed by atoms with Crippen LogP contribution in [0.4, 0.5) is 11.5 Å². The van der Waals surface area contributed by atoms with Crippen molar-refractivity contribution in [1.29, 1.82) is 0 Å². The fraction of sp³-hybridized carbons (Fsp3) is 0.167. The van der Waals surface area contributed by atoms with E-state index in [4.69, 9.17) is 17.3 Å². The van der Waals surface area contributed by atoms with Crippen LogP contribution in [0.25, 0.3) is 0 Å². The largest absolute Gasteiger partial charge is 0.384 e. The second-order valence-electron chi connectivity index (χ2n) is 3.73. The third-order valence-corrected chi connectivity index (χ3v) is 2.62. The summed E-state index contributed by atoms with van der Waals surface area (Å²) in [5.74, 6) is 1.18. The molecule has 0 aliphatic carbocycles. The third-order valence-electron chi connectivity index (χ3n) is 2.37. The van der Waals surface area contributed by atoms with Gasteiger partial charge in [-0.25, -0.2) is 9.97 Å². The lowest BCUT2D eigenvalue weighted by molar-refractivity contribution is 0.840. The molecule has 1 aromatic heterocycles. The summed E-state index contributed by atoms with van der Waals surface area (Å²) in [5, 5.41) is 0.724. The van der Waals surface area contributed by atoms with Gasteiger partial charge in [-0.2, -0.15) is 0 Å². The minimum atomic E-state index is 0.486. The van der Waals surface area contributed by atoms with Crippen LogP contribution in [0.2, 0.25) is 5.02 Å². The van der Waals surface area contributed by atoms with E-state index in [1.54, 1.807) is 12.3 Å². The lowest BCUT2D eigenvalue weighted by atomic mass is 10.3. The van der Waals surface area contributed by atoms with Crippen LogP contribution in [0.3, 0.4) is 0 Å². The van der Waals surface area contributed by atoms with Crippen LogP contribution < -0.4 is 10.6 Å². The molecule has 2 N–H and O–H groups in total. The van der Waals surface area contributed by atoms with Crippen LogP contribution >= 0.6 is 11.6 Å². The molecule has 2 aromatic rings. The molecule has 0 bridgehead atoms. The fourth-order valence-corrected chi connectivity index (χ4v) is 1.62. The molecule has 0 saturated carbocycles. The molecule has 0 atom stereocenters. The first-order valence-electron chi connectivity index (χ1n) is 5.19. The van der Waals surface area contributed by atoms with Crippen molar-refractivity contribution in [2.75, 3.05) is 17.7 Å². The molecule has 1 aromatic carbocycles. The predicted octanol–water partition coefficient (Wildman–Crippen LogP) is 2.35. The van der Waals surface area contributed by atoms with E-state index in [1.807, 2.05) is 36.2 Å². The van der Waals surface area contributed by atoms with Gasteiger partial charge in [0.2, 0.25) is 0 Å². The topological polar surface area (TPSA) is 55.0 Å². The molecule has 0 spiro atoms. The number of hydrogen-bond donors (Lipinski definition) is 1. The summed E-state index contributed by atoms with van der Waals surface area (Å²) in [7, 11) is 1.97. The molecule has 0 aliphatic heterocycles. The second-order valence-corrected chi connectivity index (χ2v) is 4.17. The average molecular weight is 249 g/mol. The summed E-state index contributed by atoms with van der Waals surface area (Å²) < 4.78 is 0. The summed E-state index contributed by atoms with van der Waals surface area (Å²) in [4.78, 5) is 10.4. The summed E-state index contributed by atoms with van der Waals surface area (Å²) in [5.41, 5.74) is 6.66. The SMILES string of the molecule is CN(Cc1nccc(N)n1)c1ccc(Cl)cc1. The van der Waals surface area contributed by atoms with Crippen molar-refractivity contribution in [1.82, 2.24) is 9.97 Å². The molecule has 5 heteroatoms. The van der Waals surface area contributed by atoms with E-state index in [9.17, 15) is 0 Å². The number of rotatable bonds is 3. The highest BCUT2D eigenvalue weighted by Gasteiger charge is 2.04. The molecule has 1 heterocycles. The Hall–Kier alpha value is -1.81. The minimum absolute atomic E-state index is 0.486. The highest BCUT2D eigenvalue weighted by atomic mass is 35.5. The Labute approximate surface area is 105 Å². The zero-order chi connectivity index (χ0) is 12.3. The van der Waals surface area contributed by atoms with E-state index in [2.05, 4.69) is 9.97 Å². The van der Waals surface area contributed by atoms with E-state index in [0.29, 0.717) is 18.2 Å². The quantitative estimate of drug-likeness (QED) is 0.906. The maximum atomic E-state index is 5.84. The van der Waals surface area contributed by atoms with Crippen molar-refractivity contribution in [2.24, 2.45) is 0 Å². The van der Waals surface area contributed by atoms with Crippen molar-refractivity contribution in [3.8, 4) is 0 Å². The van der Waals surface area contributed by atoms with E-state index < -0.39 is 0 Å². The molecule has 0 amide bonds. The van der Waals surface area contributed by atoms with Gasteiger partial charge in [-0.15, -0.1) is 0 Å². The normalized spacial score (nSPS) is 10.2. The number of aromatic nitrogens is 2. The van der Waals surface area contributed by atoms with Gasteiger partial charge in [0.15, 0.2) is 0 Å². The lowest BCUT2D eigenvalue weighted by Crippen LogP contribution is -2.18. The Morgan fingerprint density at radius 1 is 1.24 bits per heavy atom. The molecule has 0 aliphatic rings. The Morgan fingerprint density at radius 2 is 1.94 bits per heavy atom. The minimum Gasteiger partial charge on any atom is -0.384 e. The first-order valence-corrected chi connectivity index (χ1v) is 5.57. The number of halogens is 1. The van der Waals surface area contributed by atoms with E-state index in [1.165, 1.54) is 0 Å². The Morgan fingerprint density at radius 3 is 2.59 bits per heavy atom. The average Bonchev–Trinajstić information content (AvgIpc) is 2.29. The standard InChI is InChI=1S/C12H13ClN4/c1-17(10-4-2-9(13)3-5-10)8-12-15-7-6-11(14)16-12/h2-7H,8H2,1H3,(H2,14,15,16). The smallest absolute Gasteiger partial charge is 0.149 e. The van der Waals surface area contributed by atoms with Crippen LogP contribution in [0.15, 0.2) is 36.5 Å². The van der Waals surface area contributed by atoms with Crippen molar-refractivity contribution >= 4 is 23.1 Å². The fourth-order valence-electron chi connectivity index (χ4n) is 1.49. The highest BCUT2D eigenvalue weighted by molar-refractivity contribution is 6.30. The van der Waals surface area contributed by atoms with Crippen molar-refractivity contribution in [3.63, 3.8) is 0 Å². The molecular weight excluding hydrogens is 236 g/mol. The summed E-state index contributed by atoms with van der Waals surface area (Å²) >= 11 is 5.84. The van der Waals surface area contributed by atoms with Crippen LogP contribution in [0, 0.1) is 0 Å². The molecular formula is C12H13ClN4. The molecule has 88 valence electrons. The maximum Gasteiger partial charge on any atom is 0.149 e. The number of nitrogens with zero attached hydrogens (tertiary/aromatic N) is 3. The number of benzene rings is 1. The van der Waals surface area contributed by atoms with Crippen LogP contribution in [-0.4, -0.2) is 17.0 Å². The number of nitrogens with two attached hydrogens (primary N) is 1. The van der Waals surface area contributed by atoms with Crippen molar-refractivity contribution < 1.29 is 0 Å². The highest BCUT2D eigenvalue weighted by Crippen LogP contribution is 2.17. The molecule has 4 nitrogen and oxygen atoms in total. The predicted molar refractivity (Wildman–Crippen MR) is 70.0 cm³/mol. The first-order chi connectivity index (χ1) is 8.15. The van der Waals surface area contributed by atoms with Crippen LogP contribution in [-0.2, 0) is 6.54 Å². The maximum absolute atomic E-state index is 5.84. The van der Waals surface area contributed by atoms with Gasteiger partial charge >= 0.3 is 0 Å². The van der Waals surface area contributed by atoms with Crippen molar-refractivity contribution in [3.05, 3.63) is 47.4 Å². The van der Waals surface area contributed by atoms with Gasteiger partial charge in [0.25, 0.3) is 0 Å². The molecule has 2 rings (SSSR count). The summed E-state index contributed by atoms with van der Waals surface area (Å²) in [6.07, 6.45) is 1.66. The lowest BCUT2D eigenvalue weighted by Gasteiger charge is -2.18. The van der Waals surface area contributed by atoms with Gasteiger partial charge in [0.05, 0.1) is 6.54 Å². The zero-order valence-electron chi connectivity index (χ0n) is 9.47. The van der Waals surface area contributed by atoms with E-state index in [0.717, 1.165) is 10.7 Å². The van der Waals surface area contributed by atoms with Crippen LogP contribution in [0.1, 0.15) is 5.82 Å². The number of hydrogen-bond acceptors (Lipinski definition) is 4. The zero-order valence-corrected chi connectivity index (χ0v) is 10.2. The van der Waals surface area contributed by atoms with Gasteiger partial charge in [-0.3, -0.25) is 0 Å². The van der Waals surface area contributed by atoms with Gasteiger partial charge in [-0.05, 0) is 30.3 Å². The molecule has 17 heavy (non-hydrogen) atoms. The molecule has 0 fully saturated rings. The van der Waals surface area contributed by atoms with Crippen LogP contribution in [0.5, 0.6) is 0 Å².